The van der Waals surface area contributed by atoms with Crippen LogP contribution in [0.5, 0.6) is 5.75 Å². The maximum absolute atomic E-state index is 12.2. The second-order valence-electron chi connectivity index (χ2n) is 5.23. The van der Waals surface area contributed by atoms with Crippen LogP contribution in [-0.4, -0.2) is 13.0 Å². The van der Waals surface area contributed by atoms with Crippen molar-refractivity contribution in [1.82, 2.24) is 5.32 Å². The number of ether oxygens (including phenoxy) is 1. The third-order valence-corrected chi connectivity index (χ3v) is 3.50. The topological polar surface area (TPSA) is 100 Å². The van der Waals surface area contributed by atoms with Crippen LogP contribution in [0.15, 0.2) is 60.3 Å². The molecule has 0 unspecified atom stereocenters. The SMILES string of the molecule is COc1ccccc1NC(=O)/C(C#N)=C\NCc1cccc(CN)c1. The van der Waals surface area contributed by atoms with Crippen LogP contribution in [0.25, 0.3) is 0 Å². The molecule has 25 heavy (non-hydrogen) atoms. The number of rotatable bonds is 7. The van der Waals surface area contributed by atoms with Crippen molar-refractivity contribution in [2.45, 2.75) is 13.1 Å². The number of hydrogen-bond acceptors (Lipinski definition) is 5. The zero-order valence-electron chi connectivity index (χ0n) is 14.0. The minimum Gasteiger partial charge on any atom is -0.495 e. The molecule has 0 heterocycles. The van der Waals surface area contributed by atoms with Crippen LogP contribution in [0.3, 0.4) is 0 Å². The van der Waals surface area contributed by atoms with E-state index in [1.54, 1.807) is 24.3 Å². The van der Waals surface area contributed by atoms with Gasteiger partial charge < -0.3 is 21.1 Å². The molecule has 0 atom stereocenters. The Bertz CT molecular complexity index is 809. The van der Waals surface area contributed by atoms with Crippen molar-refractivity contribution in [2.24, 2.45) is 5.73 Å². The number of nitrogens with one attached hydrogen (secondary N) is 2. The van der Waals surface area contributed by atoms with E-state index in [0.29, 0.717) is 24.5 Å². The maximum Gasteiger partial charge on any atom is 0.267 e. The number of nitrogens with zero attached hydrogens (tertiary/aromatic N) is 1. The third-order valence-electron chi connectivity index (χ3n) is 3.50. The van der Waals surface area contributed by atoms with Crippen LogP contribution in [-0.2, 0) is 17.9 Å². The van der Waals surface area contributed by atoms with E-state index in [-0.39, 0.29) is 5.57 Å². The molecule has 0 spiro atoms. The van der Waals surface area contributed by atoms with Gasteiger partial charge in [0.1, 0.15) is 17.4 Å². The van der Waals surface area contributed by atoms with Crippen LogP contribution in [0.2, 0.25) is 0 Å². The van der Waals surface area contributed by atoms with Gasteiger partial charge in [0, 0.05) is 19.3 Å². The van der Waals surface area contributed by atoms with E-state index in [2.05, 4.69) is 10.6 Å². The summed E-state index contributed by atoms with van der Waals surface area (Å²) < 4.78 is 5.18. The second-order valence-corrected chi connectivity index (χ2v) is 5.23. The van der Waals surface area contributed by atoms with Gasteiger partial charge in [0.25, 0.3) is 5.91 Å². The smallest absolute Gasteiger partial charge is 0.267 e. The Kier molecular flexibility index (Phi) is 6.57. The van der Waals surface area contributed by atoms with E-state index in [9.17, 15) is 10.1 Å². The molecule has 2 aromatic carbocycles. The van der Waals surface area contributed by atoms with Gasteiger partial charge >= 0.3 is 0 Å². The first-order valence-corrected chi connectivity index (χ1v) is 7.74. The van der Waals surface area contributed by atoms with Crippen molar-refractivity contribution in [3.05, 3.63) is 71.4 Å². The van der Waals surface area contributed by atoms with E-state index in [0.717, 1.165) is 11.1 Å². The van der Waals surface area contributed by atoms with Crippen molar-refractivity contribution in [1.29, 1.82) is 5.26 Å². The van der Waals surface area contributed by atoms with Crippen molar-refractivity contribution in [2.75, 3.05) is 12.4 Å². The molecule has 6 nitrogen and oxygen atoms in total. The highest BCUT2D eigenvalue weighted by Gasteiger charge is 2.11. The van der Waals surface area contributed by atoms with Gasteiger partial charge in [-0.3, -0.25) is 4.79 Å². The summed E-state index contributed by atoms with van der Waals surface area (Å²) in [6.45, 7) is 0.954. The molecule has 2 aromatic rings. The molecule has 0 aliphatic heterocycles. The Labute approximate surface area is 146 Å². The predicted molar refractivity (Wildman–Crippen MR) is 96.5 cm³/mol. The van der Waals surface area contributed by atoms with E-state index in [1.807, 2.05) is 30.3 Å². The molecule has 0 aliphatic carbocycles. The highest BCUT2D eigenvalue weighted by atomic mass is 16.5. The Morgan fingerprint density at radius 3 is 2.72 bits per heavy atom. The summed E-state index contributed by atoms with van der Waals surface area (Å²) in [5.74, 6) is 0.0231. The van der Waals surface area contributed by atoms with Crippen molar-refractivity contribution >= 4 is 11.6 Å². The number of amides is 1. The van der Waals surface area contributed by atoms with Gasteiger partial charge in [-0.05, 0) is 23.3 Å². The molecule has 1 amide bonds. The predicted octanol–water partition coefficient (Wildman–Crippen LogP) is 2.29. The fourth-order valence-corrected chi connectivity index (χ4v) is 2.22. The molecule has 6 heteroatoms. The lowest BCUT2D eigenvalue weighted by Crippen LogP contribution is -2.17. The van der Waals surface area contributed by atoms with Gasteiger partial charge in [0.15, 0.2) is 0 Å². The fraction of sp³-hybridized carbons (Fsp3) is 0.158. The third kappa shape index (κ3) is 5.09. The lowest BCUT2D eigenvalue weighted by molar-refractivity contribution is -0.112. The summed E-state index contributed by atoms with van der Waals surface area (Å²) >= 11 is 0. The first-order chi connectivity index (χ1) is 12.2. The quantitative estimate of drug-likeness (QED) is 0.532. The number of nitriles is 1. The Hall–Kier alpha value is -3.30. The Balaban J connectivity index is 2.01. The molecule has 0 bridgehead atoms. The summed E-state index contributed by atoms with van der Waals surface area (Å²) in [6.07, 6.45) is 1.40. The lowest BCUT2D eigenvalue weighted by Gasteiger charge is -2.09. The van der Waals surface area contributed by atoms with Gasteiger partial charge in [-0.1, -0.05) is 36.4 Å². The standard InChI is InChI=1S/C19H20N4O2/c1-25-18-8-3-2-7-17(18)23-19(24)16(11-21)13-22-12-15-6-4-5-14(9-15)10-20/h2-9,13,22H,10,12,20H2,1H3,(H,23,24)/b16-13-. The summed E-state index contributed by atoms with van der Waals surface area (Å²) in [5, 5.41) is 14.9. The summed E-state index contributed by atoms with van der Waals surface area (Å²) in [6, 6.07) is 16.7. The Morgan fingerprint density at radius 2 is 2.00 bits per heavy atom. The number of anilines is 1. The highest BCUT2D eigenvalue weighted by Crippen LogP contribution is 2.23. The number of carbonyl (C=O) groups is 1. The Morgan fingerprint density at radius 1 is 1.24 bits per heavy atom. The van der Waals surface area contributed by atoms with Crippen molar-refractivity contribution in [3.63, 3.8) is 0 Å². The van der Waals surface area contributed by atoms with E-state index >= 15 is 0 Å². The molecule has 0 radical (unpaired) electrons. The second kappa shape index (κ2) is 9.11. The molecule has 0 fully saturated rings. The van der Waals surface area contributed by atoms with Gasteiger partial charge in [-0.15, -0.1) is 0 Å². The molecule has 0 aliphatic rings. The molecule has 0 aromatic heterocycles. The molecule has 0 saturated heterocycles. The fourth-order valence-electron chi connectivity index (χ4n) is 2.22. The number of para-hydroxylation sites is 2. The normalized spacial score (nSPS) is 10.7. The average molecular weight is 336 g/mol. The van der Waals surface area contributed by atoms with Crippen LogP contribution in [0.4, 0.5) is 5.69 Å². The number of carbonyl (C=O) groups excluding carboxylic acids is 1. The summed E-state index contributed by atoms with van der Waals surface area (Å²) in [4.78, 5) is 12.2. The number of hydrogen-bond donors (Lipinski definition) is 3. The molecule has 0 saturated carbocycles. The van der Waals surface area contributed by atoms with E-state index < -0.39 is 5.91 Å². The van der Waals surface area contributed by atoms with Gasteiger partial charge in [0.05, 0.1) is 12.8 Å². The minimum absolute atomic E-state index is 0.0270. The minimum atomic E-state index is -0.504. The number of nitrogens with two attached hydrogens (primary N) is 1. The highest BCUT2D eigenvalue weighted by molar-refractivity contribution is 6.07. The van der Waals surface area contributed by atoms with Crippen LogP contribution >= 0.6 is 0 Å². The van der Waals surface area contributed by atoms with Crippen LogP contribution in [0, 0.1) is 11.3 Å². The van der Waals surface area contributed by atoms with Gasteiger partial charge in [0.2, 0.25) is 0 Å². The number of benzene rings is 2. The first kappa shape index (κ1) is 18.0. The van der Waals surface area contributed by atoms with Crippen LogP contribution in [0.1, 0.15) is 11.1 Å². The molecule has 2 rings (SSSR count). The van der Waals surface area contributed by atoms with Crippen molar-refractivity contribution in [3.8, 4) is 11.8 Å². The van der Waals surface area contributed by atoms with Crippen LogP contribution < -0.4 is 21.1 Å². The largest absolute Gasteiger partial charge is 0.495 e. The van der Waals surface area contributed by atoms with E-state index in [1.165, 1.54) is 13.3 Å². The summed E-state index contributed by atoms with van der Waals surface area (Å²) in [5.41, 5.74) is 8.14. The zero-order chi connectivity index (χ0) is 18.1. The first-order valence-electron chi connectivity index (χ1n) is 7.74. The maximum atomic E-state index is 12.2. The van der Waals surface area contributed by atoms with Gasteiger partial charge in [-0.2, -0.15) is 5.26 Å². The number of methoxy groups -OCH3 is 1. The van der Waals surface area contributed by atoms with Gasteiger partial charge in [-0.25, -0.2) is 0 Å². The molecule has 128 valence electrons. The monoisotopic (exact) mass is 336 g/mol. The lowest BCUT2D eigenvalue weighted by atomic mass is 10.1. The average Bonchev–Trinajstić information content (AvgIpc) is 2.65. The van der Waals surface area contributed by atoms with Crippen molar-refractivity contribution < 1.29 is 9.53 Å². The molecular formula is C19H20N4O2. The molecule has 4 N–H and O–H groups in total. The van der Waals surface area contributed by atoms with E-state index in [4.69, 9.17) is 10.5 Å². The molecular weight excluding hydrogens is 316 g/mol. The summed E-state index contributed by atoms with van der Waals surface area (Å²) in [7, 11) is 1.52. The zero-order valence-corrected chi connectivity index (χ0v) is 14.0.